The number of halogens is 1. The van der Waals surface area contributed by atoms with E-state index in [-0.39, 0.29) is 0 Å². The normalized spacial score (nSPS) is 22.2. The van der Waals surface area contributed by atoms with Crippen molar-refractivity contribution in [2.24, 2.45) is 5.92 Å². The summed E-state index contributed by atoms with van der Waals surface area (Å²) in [7, 11) is 0. The van der Waals surface area contributed by atoms with E-state index in [9.17, 15) is 0 Å². The lowest BCUT2D eigenvalue weighted by Gasteiger charge is -2.37. The number of ether oxygens (including phenoxy) is 1. The van der Waals surface area contributed by atoms with E-state index in [2.05, 4.69) is 88.0 Å². The first-order chi connectivity index (χ1) is 13.8. The van der Waals surface area contributed by atoms with Crippen LogP contribution < -0.4 is 10.1 Å². The van der Waals surface area contributed by atoms with Crippen molar-refractivity contribution in [1.29, 1.82) is 0 Å². The van der Waals surface area contributed by atoms with Crippen molar-refractivity contribution in [2.75, 3.05) is 5.32 Å². The molecule has 2 aliphatic rings. The van der Waals surface area contributed by atoms with E-state index in [1.54, 1.807) is 0 Å². The lowest BCUT2D eigenvalue weighted by molar-refractivity contribution is 0.306. The molecule has 5 rings (SSSR count). The highest BCUT2D eigenvalue weighted by atomic mass is 79.9. The zero-order valence-corrected chi connectivity index (χ0v) is 17.1. The second-order valence-electron chi connectivity index (χ2n) is 7.55. The highest BCUT2D eigenvalue weighted by molar-refractivity contribution is 9.10. The predicted octanol–water partition coefficient (Wildman–Crippen LogP) is 6.85. The van der Waals surface area contributed by atoms with Gasteiger partial charge in [0.05, 0.1) is 6.04 Å². The van der Waals surface area contributed by atoms with Crippen LogP contribution in [0, 0.1) is 5.92 Å². The molecule has 0 fully saturated rings. The third-order valence-corrected chi connectivity index (χ3v) is 6.31. The van der Waals surface area contributed by atoms with Crippen LogP contribution in [0.4, 0.5) is 5.69 Å². The van der Waals surface area contributed by atoms with Crippen molar-refractivity contribution in [1.82, 2.24) is 0 Å². The quantitative estimate of drug-likeness (QED) is 0.455. The van der Waals surface area contributed by atoms with Gasteiger partial charge in [-0.25, -0.2) is 0 Å². The standard InChI is InChI=1S/C25H22BrNO/c26-19-11-14-24-23(15-19)21-7-4-8-22(21)25(27-24)18-9-12-20(13-10-18)28-16-17-5-2-1-3-6-17/h1-7,9-15,21-22,25,27H,8,16H2/t21-,22+,25+/m1/s1. The van der Waals surface area contributed by atoms with E-state index < -0.39 is 0 Å². The number of rotatable bonds is 4. The van der Waals surface area contributed by atoms with Crippen molar-refractivity contribution >= 4 is 21.6 Å². The molecule has 1 aliphatic carbocycles. The first kappa shape index (κ1) is 17.6. The SMILES string of the molecule is Brc1ccc2c(c1)[C@@H]1C=CC[C@@H]1[C@H](c1ccc(OCc3ccccc3)cc1)N2. The number of fused-ring (bicyclic) bond motifs is 3. The molecule has 0 bridgehead atoms. The van der Waals surface area contributed by atoms with Crippen LogP contribution >= 0.6 is 15.9 Å². The molecule has 1 heterocycles. The largest absolute Gasteiger partial charge is 0.489 e. The molecule has 0 spiro atoms. The van der Waals surface area contributed by atoms with Crippen molar-refractivity contribution in [3.05, 3.63) is 106 Å². The van der Waals surface area contributed by atoms with Crippen molar-refractivity contribution in [3.63, 3.8) is 0 Å². The number of nitrogens with one attached hydrogen (secondary N) is 1. The molecule has 0 amide bonds. The summed E-state index contributed by atoms with van der Waals surface area (Å²) in [6.45, 7) is 0.596. The van der Waals surface area contributed by atoms with Crippen LogP contribution in [0.15, 0.2) is 89.4 Å². The Morgan fingerprint density at radius 1 is 0.964 bits per heavy atom. The number of allylic oxidation sites excluding steroid dienone is 2. The average molecular weight is 432 g/mol. The molecule has 3 aromatic carbocycles. The lowest BCUT2D eigenvalue weighted by atomic mass is 9.77. The van der Waals surface area contributed by atoms with Crippen LogP contribution in [0.1, 0.15) is 35.1 Å². The fraction of sp³-hybridized carbons (Fsp3) is 0.200. The van der Waals surface area contributed by atoms with Crippen LogP contribution in [0.2, 0.25) is 0 Å². The third-order valence-electron chi connectivity index (χ3n) is 5.81. The topological polar surface area (TPSA) is 21.3 Å². The highest BCUT2D eigenvalue weighted by Gasteiger charge is 2.37. The molecular formula is C25H22BrNO. The Hall–Kier alpha value is -2.52. The molecule has 3 heteroatoms. The molecule has 140 valence electrons. The van der Waals surface area contributed by atoms with Gasteiger partial charge in [-0.15, -0.1) is 0 Å². The fourth-order valence-electron chi connectivity index (χ4n) is 4.41. The molecule has 2 nitrogen and oxygen atoms in total. The summed E-state index contributed by atoms with van der Waals surface area (Å²) in [4.78, 5) is 0. The maximum absolute atomic E-state index is 5.95. The summed E-state index contributed by atoms with van der Waals surface area (Å²) in [5, 5.41) is 3.79. The van der Waals surface area contributed by atoms with Crippen LogP contribution in [-0.4, -0.2) is 0 Å². The van der Waals surface area contributed by atoms with Gasteiger partial charge in [-0.3, -0.25) is 0 Å². The predicted molar refractivity (Wildman–Crippen MR) is 118 cm³/mol. The van der Waals surface area contributed by atoms with E-state index in [0.717, 1.165) is 16.6 Å². The Bertz CT molecular complexity index is 997. The molecule has 0 radical (unpaired) electrons. The van der Waals surface area contributed by atoms with Crippen LogP contribution in [-0.2, 0) is 6.61 Å². The molecule has 0 aromatic heterocycles. The van der Waals surface area contributed by atoms with E-state index in [0.29, 0.717) is 24.5 Å². The van der Waals surface area contributed by atoms with Gasteiger partial charge in [-0.1, -0.05) is 70.5 Å². The smallest absolute Gasteiger partial charge is 0.119 e. The van der Waals surface area contributed by atoms with Gasteiger partial charge in [0.15, 0.2) is 0 Å². The Labute approximate surface area is 174 Å². The Balaban J connectivity index is 1.35. The maximum atomic E-state index is 5.95. The second kappa shape index (κ2) is 7.48. The van der Waals surface area contributed by atoms with Gasteiger partial charge < -0.3 is 10.1 Å². The summed E-state index contributed by atoms with van der Waals surface area (Å²) >= 11 is 3.62. The fourth-order valence-corrected chi connectivity index (χ4v) is 4.79. The van der Waals surface area contributed by atoms with E-state index >= 15 is 0 Å². The number of benzene rings is 3. The zero-order valence-electron chi connectivity index (χ0n) is 15.5. The number of hydrogen-bond acceptors (Lipinski definition) is 2. The summed E-state index contributed by atoms with van der Waals surface area (Å²) in [5.41, 5.74) is 5.14. The Morgan fingerprint density at radius 3 is 2.61 bits per heavy atom. The molecule has 1 aliphatic heterocycles. The maximum Gasteiger partial charge on any atom is 0.119 e. The van der Waals surface area contributed by atoms with E-state index in [1.807, 2.05) is 18.2 Å². The molecule has 0 saturated carbocycles. The van der Waals surface area contributed by atoms with Gasteiger partial charge in [-0.05, 0) is 59.4 Å². The monoisotopic (exact) mass is 431 g/mol. The van der Waals surface area contributed by atoms with E-state index in [4.69, 9.17) is 4.74 Å². The van der Waals surface area contributed by atoms with Gasteiger partial charge in [0.2, 0.25) is 0 Å². The number of anilines is 1. The van der Waals surface area contributed by atoms with Gasteiger partial charge in [0, 0.05) is 16.1 Å². The summed E-state index contributed by atoms with van der Waals surface area (Å²) < 4.78 is 7.10. The molecule has 3 atom stereocenters. The second-order valence-corrected chi connectivity index (χ2v) is 8.47. The summed E-state index contributed by atoms with van der Waals surface area (Å²) in [6.07, 6.45) is 5.82. The van der Waals surface area contributed by atoms with Gasteiger partial charge in [-0.2, -0.15) is 0 Å². The van der Waals surface area contributed by atoms with Crippen LogP contribution in [0.25, 0.3) is 0 Å². The molecule has 0 unspecified atom stereocenters. The highest BCUT2D eigenvalue weighted by Crippen LogP contribution is 2.50. The molecule has 28 heavy (non-hydrogen) atoms. The molecule has 0 saturated heterocycles. The third kappa shape index (κ3) is 3.35. The van der Waals surface area contributed by atoms with Gasteiger partial charge in [0.25, 0.3) is 0 Å². The summed E-state index contributed by atoms with van der Waals surface area (Å²) in [5.74, 6) is 1.94. The van der Waals surface area contributed by atoms with Crippen LogP contribution in [0.5, 0.6) is 5.75 Å². The minimum absolute atomic E-state index is 0.317. The summed E-state index contributed by atoms with van der Waals surface area (Å²) in [6, 6.07) is 25.7. The minimum Gasteiger partial charge on any atom is -0.489 e. The van der Waals surface area contributed by atoms with Gasteiger partial charge >= 0.3 is 0 Å². The van der Waals surface area contributed by atoms with E-state index in [1.165, 1.54) is 22.4 Å². The van der Waals surface area contributed by atoms with Crippen molar-refractivity contribution in [3.8, 4) is 5.75 Å². The van der Waals surface area contributed by atoms with Gasteiger partial charge in [0.1, 0.15) is 12.4 Å². The first-order valence-corrected chi connectivity index (χ1v) is 10.6. The first-order valence-electron chi connectivity index (χ1n) is 9.77. The number of hydrogen-bond donors (Lipinski definition) is 1. The Morgan fingerprint density at radius 2 is 1.79 bits per heavy atom. The van der Waals surface area contributed by atoms with Crippen LogP contribution in [0.3, 0.4) is 0 Å². The lowest BCUT2D eigenvalue weighted by Crippen LogP contribution is -2.29. The van der Waals surface area contributed by atoms with Crippen molar-refractivity contribution in [2.45, 2.75) is 25.0 Å². The van der Waals surface area contributed by atoms with Crippen molar-refractivity contribution < 1.29 is 4.74 Å². The minimum atomic E-state index is 0.317. The zero-order chi connectivity index (χ0) is 18.9. The Kier molecular flexibility index (Phi) is 4.69. The molecular weight excluding hydrogens is 410 g/mol. The molecule has 1 N–H and O–H groups in total. The molecule has 3 aromatic rings. The average Bonchev–Trinajstić information content (AvgIpc) is 3.23.